The van der Waals surface area contributed by atoms with Crippen molar-refractivity contribution in [3.05, 3.63) is 11.9 Å². The summed E-state index contributed by atoms with van der Waals surface area (Å²) in [6, 6.07) is 0.363. The Kier molecular flexibility index (Phi) is 1.82. The average Bonchev–Trinajstić information content (AvgIpc) is 2.33. The zero-order chi connectivity index (χ0) is 8.55. The van der Waals surface area contributed by atoms with Crippen molar-refractivity contribution in [2.24, 2.45) is 12.8 Å². The van der Waals surface area contributed by atoms with E-state index < -0.39 is 0 Å². The highest BCUT2D eigenvalue weighted by molar-refractivity contribution is 4.94. The van der Waals surface area contributed by atoms with Gasteiger partial charge in [-0.15, -0.1) is 0 Å². The third-order valence-corrected chi connectivity index (χ3v) is 2.02. The van der Waals surface area contributed by atoms with E-state index in [1.807, 2.05) is 7.05 Å². The monoisotopic (exact) mass is 167 g/mol. The van der Waals surface area contributed by atoms with Gasteiger partial charge in [0.1, 0.15) is 0 Å². The quantitative estimate of drug-likeness (QED) is 0.611. The molecule has 1 saturated heterocycles. The lowest BCUT2D eigenvalue weighted by Gasteiger charge is -2.35. The van der Waals surface area contributed by atoms with Crippen molar-refractivity contribution in [3.8, 4) is 0 Å². The fourth-order valence-electron chi connectivity index (χ4n) is 1.43. The van der Waals surface area contributed by atoms with Crippen LogP contribution in [0.1, 0.15) is 5.69 Å². The van der Waals surface area contributed by atoms with Crippen LogP contribution in [0.25, 0.3) is 0 Å². The van der Waals surface area contributed by atoms with Crippen LogP contribution in [0.3, 0.4) is 0 Å². The minimum absolute atomic E-state index is 0.363. The molecule has 1 aromatic heterocycles. The van der Waals surface area contributed by atoms with Crippen molar-refractivity contribution in [1.29, 1.82) is 0 Å². The molecule has 5 heteroatoms. The molecule has 0 aliphatic carbocycles. The highest BCUT2D eigenvalue weighted by Crippen LogP contribution is 2.08. The fraction of sp³-hybridized carbons (Fsp3) is 0.714. The van der Waals surface area contributed by atoms with E-state index in [1.165, 1.54) is 0 Å². The second kappa shape index (κ2) is 2.84. The first-order valence-corrected chi connectivity index (χ1v) is 4.07. The van der Waals surface area contributed by atoms with E-state index in [1.54, 1.807) is 11.0 Å². The van der Waals surface area contributed by atoms with E-state index in [9.17, 15) is 0 Å². The van der Waals surface area contributed by atoms with E-state index in [-0.39, 0.29) is 0 Å². The SMILES string of the molecule is Cn1ncc(CN2CC(N)C2)n1. The molecule has 0 spiro atoms. The van der Waals surface area contributed by atoms with Crippen LogP contribution in [0.15, 0.2) is 6.20 Å². The van der Waals surface area contributed by atoms with Crippen LogP contribution < -0.4 is 5.73 Å². The second-order valence-electron chi connectivity index (χ2n) is 3.28. The van der Waals surface area contributed by atoms with Crippen molar-refractivity contribution in [3.63, 3.8) is 0 Å². The summed E-state index contributed by atoms with van der Waals surface area (Å²) < 4.78 is 0. The molecule has 0 saturated carbocycles. The van der Waals surface area contributed by atoms with Crippen molar-refractivity contribution >= 4 is 0 Å². The summed E-state index contributed by atoms with van der Waals surface area (Å²) in [6.45, 7) is 2.84. The maximum absolute atomic E-state index is 5.64. The van der Waals surface area contributed by atoms with Crippen molar-refractivity contribution in [2.75, 3.05) is 13.1 Å². The summed E-state index contributed by atoms with van der Waals surface area (Å²) in [5.74, 6) is 0. The van der Waals surface area contributed by atoms with Gasteiger partial charge in [-0.1, -0.05) is 0 Å². The topological polar surface area (TPSA) is 60.0 Å². The largest absolute Gasteiger partial charge is 0.325 e. The number of likely N-dealkylation sites (tertiary alicyclic amines) is 1. The number of hydrogen-bond acceptors (Lipinski definition) is 4. The lowest BCUT2D eigenvalue weighted by atomic mass is 10.1. The van der Waals surface area contributed by atoms with Crippen LogP contribution >= 0.6 is 0 Å². The number of nitrogens with two attached hydrogens (primary N) is 1. The Balaban J connectivity index is 1.88. The maximum atomic E-state index is 5.64. The van der Waals surface area contributed by atoms with Gasteiger partial charge in [0, 0.05) is 32.7 Å². The number of hydrogen-bond donors (Lipinski definition) is 1. The van der Waals surface area contributed by atoms with Crippen molar-refractivity contribution < 1.29 is 0 Å². The van der Waals surface area contributed by atoms with Gasteiger partial charge < -0.3 is 5.73 Å². The van der Waals surface area contributed by atoms with Gasteiger partial charge in [-0.25, -0.2) is 0 Å². The number of aromatic nitrogens is 3. The molecule has 2 rings (SSSR count). The molecule has 1 aromatic rings. The molecule has 2 N–H and O–H groups in total. The molecule has 5 nitrogen and oxygen atoms in total. The van der Waals surface area contributed by atoms with Crippen molar-refractivity contribution in [1.82, 2.24) is 19.9 Å². The Morgan fingerprint density at radius 2 is 2.42 bits per heavy atom. The molecule has 1 aliphatic heterocycles. The molecule has 12 heavy (non-hydrogen) atoms. The lowest BCUT2D eigenvalue weighted by Crippen LogP contribution is -2.54. The molecule has 0 unspecified atom stereocenters. The average molecular weight is 167 g/mol. The summed E-state index contributed by atoms with van der Waals surface area (Å²) >= 11 is 0. The van der Waals surface area contributed by atoms with Crippen LogP contribution in [0.5, 0.6) is 0 Å². The number of rotatable bonds is 2. The molecular weight excluding hydrogens is 154 g/mol. The minimum Gasteiger partial charge on any atom is -0.325 e. The van der Waals surface area contributed by atoms with Crippen molar-refractivity contribution in [2.45, 2.75) is 12.6 Å². The summed E-state index contributed by atoms with van der Waals surface area (Å²) in [6.07, 6.45) is 1.80. The summed E-state index contributed by atoms with van der Waals surface area (Å²) in [4.78, 5) is 3.84. The standard InChI is InChI=1S/C7H13N5/c1-11-9-2-7(10-11)5-12-3-6(8)4-12/h2,6H,3-5,8H2,1H3. The maximum Gasteiger partial charge on any atom is 0.0967 e. The predicted molar refractivity (Wildman–Crippen MR) is 44.3 cm³/mol. The Morgan fingerprint density at radius 1 is 1.67 bits per heavy atom. The van der Waals surface area contributed by atoms with E-state index >= 15 is 0 Å². The molecule has 0 aromatic carbocycles. The highest BCUT2D eigenvalue weighted by atomic mass is 15.5. The first-order valence-electron chi connectivity index (χ1n) is 4.07. The Labute approximate surface area is 71.1 Å². The van der Waals surface area contributed by atoms with E-state index in [0.29, 0.717) is 6.04 Å². The zero-order valence-corrected chi connectivity index (χ0v) is 7.14. The van der Waals surface area contributed by atoms with Gasteiger partial charge in [-0.2, -0.15) is 15.0 Å². The van der Waals surface area contributed by atoms with Crippen LogP contribution in [0.4, 0.5) is 0 Å². The van der Waals surface area contributed by atoms with E-state index in [4.69, 9.17) is 5.73 Å². The first-order chi connectivity index (χ1) is 5.74. The number of nitrogens with zero attached hydrogens (tertiary/aromatic N) is 4. The normalized spacial score (nSPS) is 19.5. The van der Waals surface area contributed by atoms with Gasteiger partial charge in [0.25, 0.3) is 0 Å². The molecule has 66 valence electrons. The molecule has 1 fully saturated rings. The van der Waals surface area contributed by atoms with Gasteiger partial charge in [-0.05, 0) is 0 Å². The predicted octanol–water partition coefficient (Wildman–Crippen LogP) is -1.04. The summed E-state index contributed by atoms with van der Waals surface area (Å²) in [5.41, 5.74) is 6.66. The molecule has 0 bridgehead atoms. The Hall–Kier alpha value is -0.940. The smallest absolute Gasteiger partial charge is 0.0967 e. The summed E-state index contributed by atoms with van der Waals surface area (Å²) in [5, 5.41) is 8.18. The second-order valence-corrected chi connectivity index (χ2v) is 3.28. The Bertz CT molecular complexity index is 263. The van der Waals surface area contributed by atoms with E-state index in [0.717, 1.165) is 25.3 Å². The molecule has 1 aliphatic rings. The molecule has 0 radical (unpaired) electrons. The van der Waals surface area contributed by atoms with Gasteiger partial charge in [-0.3, -0.25) is 4.90 Å². The van der Waals surface area contributed by atoms with Crippen LogP contribution in [0.2, 0.25) is 0 Å². The first kappa shape index (κ1) is 7.70. The lowest BCUT2D eigenvalue weighted by molar-refractivity contribution is 0.140. The van der Waals surface area contributed by atoms with E-state index in [2.05, 4.69) is 15.1 Å². The fourth-order valence-corrected chi connectivity index (χ4v) is 1.43. The van der Waals surface area contributed by atoms with Gasteiger partial charge in [0.2, 0.25) is 0 Å². The molecule has 2 heterocycles. The molecular formula is C7H13N5. The van der Waals surface area contributed by atoms with Crippen LogP contribution in [0, 0.1) is 0 Å². The van der Waals surface area contributed by atoms with Crippen LogP contribution in [-0.4, -0.2) is 39.0 Å². The molecule has 0 amide bonds. The van der Waals surface area contributed by atoms with Gasteiger partial charge >= 0.3 is 0 Å². The number of aryl methyl sites for hydroxylation is 1. The third kappa shape index (κ3) is 1.46. The summed E-state index contributed by atoms with van der Waals surface area (Å²) in [7, 11) is 1.82. The van der Waals surface area contributed by atoms with Gasteiger partial charge in [0.05, 0.1) is 11.9 Å². The highest BCUT2D eigenvalue weighted by Gasteiger charge is 2.23. The zero-order valence-electron chi connectivity index (χ0n) is 7.14. The third-order valence-electron chi connectivity index (χ3n) is 2.02. The Morgan fingerprint density at radius 3 is 2.92 bits per heavy atom. The molecule has 0 atom stereocenters. The van der Waals surface area contributed by atoms with Gasteiger partial charge in [0.15, 0.2) is 0 Å². The van der Waals surface area contributed by atoms with Crippen LogP contribution in [-0.2, 0) is 13.6 Å². The minimum atomic E-state index is 0.363.